The van der Waals surface area contributed by atoms with E-state index in [0.29, 0.717) is 62.2 Å². The summed E-state index contributed by atoms with van der Waals surface area (Å²) in [6, 6.07) is 12.1. The standard InChI is InChI=1S/C33H44ClN7O3/c1-22-18-23(20-27(34)31(22)35)19-24(32(43)40-14-6-25(7-15-40)38-16-10-36-11-17-38)21-30(42)39-12-8-26(9-13-39)41-29-5-3-2-4-28(29)37-33(41)44/h2-5,18,20,24-26,36H,6-17,19,21,35H2,1H3,(H,37,44)/t24-/m0/s1. The summed E-state index contributed by atoms with van der Waals surface area (Å²) >= 11 is 6.42. The van der Waals surface area contributed by atoms with Gasteiger partial charge in [-0.3, -0.25) is 19.1 Å². The van der Waals surface area contributed by atoms with Crippen molar-refractivity contribution in [3.05, 3.63) is 63.0 Å². The molecule has 0 unspecified atom stereocenters. The summed E-state index contributed by atoms with van der Waals surface area (Å²) in [5.41, 5.74) is 10.0. The Hall–Kier alpha value is -3.34. The van der Waals surface area contributed by atoms with Crippen LogP contribution in [0.15, 0.2) is 41.2 Å². The minimum Gasteiger partial charge on any atom is -0.397 e. The lowest BCUT2D eigenvalue weighted by Gasteiger charge is -2.41. The molecule has 3 aliphatic rings. The van der Waals surface area contributed by atoms with Gasteiger partial charge in [0.1, 0.15) is 0 Å². The smallest absolute Gasteiger partial charge is 0.326 e. The summed E-state index contributed by atoms with van der Waals surface area (Å²) in [5.74, 6) is -0.448. The van der Waals surface area contributed by atoms with Gasteiger partial charge in [-0.05, 0) is 68.4 Å². The van der Waals surface area contributed by atoms with Crippen LogP contribution in [0.25, 0.3) is 11.0 Å². The van der Waals surface area contributed by atoms with Crippen molar-refractivity contribution in [3.8, 4) is 0 Å². The average Bonchev–Trinajstić information content (AvgIpc) is 3.39. The molecule has 3 saturated heterocycles. The molecule has 44 heavy (non-hydrogen) atoms. The van der Waals surface area contributed by atoms with Gasteiger partial charge in [0.2, 0.25) is 11.8 Å². The number of piperidine rings is 2. The van der Waals surface area contributed by atoms with Gasteiger partial charge in [-0.2, -0.15) is 0 Å². The van der Waals surface area contributed by atoms with Gasteiger partial charge >= 0.3 is 5.69 Å². The second-order valence-electron chi connectivity index (χ2n) is 12.7. The van der Waals surface area contributed by atoms with Crippen molar-refractivity contribution in [2.75, 3.05) is 58.1 Å². The van der Waals surface area contributed by atoms with Gasteiger partial charge in [-0.15, -0.1) is 0 Å². The summed E-state index contributed by atoms with van der Waals surface area (Å²) in [5, 5.41) is 3.89. The summed E-state index contributed by atoms with van der Waals surface area (Å²) in [7, 11) is 0. The first-order valence-corrected chi connectivity index (χ1v) is 16.4. The number of rotatable bonds is 7. The maximum atomic E-state index is 14.0. The molecule has 3 aliphatic heterocycles. The Morgan fingerprint density at radius 1 is 0.955 bits per heavy atom. The lowest BCUT2D eigenvalue weighted by atomic mass is 9.91. The molecule has 4 heterocycles. The topological polar surface area (TPSA) is 120 Å². The number of anilines is 1. The second-order valence-corrected chi connectivity index (χ2v) is 13.1. The molecule has 3 aromatic rings. The quantitative estimate of drug-likeness (QED) is 0.349. The molecular formula is C33H44ClN7O3. The maximum Gasteiger partial charge on any atom is 0.326 e. The van der Waals surface area contributed by atoms with E-state index < -0.39 is 5.92 Å². The number of nitrogens with one attached hydrogen (secondary N) is 2. The predicted molar refractivity (Wildman–Crippen MR) is 174 cm³/mol. The number of aryl methyl sites for hydroxylation is 1. The normalized spacial score (nSPS) is 19.9. The lowest BCUT2D eigenvalue weighted by Crippen LogP contribution is -2.53. The third kappa shape index (κ3) is 6.53. The molecule has 0 saturated carbocycles. The van der Waals surface area contributed by atoms with Crippen LogP contribution in [0.5, 0.6) is 0 Å². The fraction of sp³-hybridized carbons (Fsp3) is 0.545. The van der Waals surface area contributed by atoms with Crippen LogP contribution in [0.1, 0.15) is 49.3 Å². The number of hydrogen-bond acceptors (Lipinski definition) is 6. The Kier molecular flexibility index (Phi) is 9.30. The van der Waals surface area contributed by atoms with Crippen LogP contribution in [0, 0.1) is 12.8 Å². The van der Waals surface area contributed by atoms with E-state index in [1.807, 2.05) is 57.7 Å². The first kappa shape index (κ1) is 30.7. The predicted octanol–water partition coefficient (Wildman–Crippen LogP) is 3.18. The van der Waals surface area contributed by atoms with E-state index in [0.717, 1.165) is 61.2 Å². The van der Waals surface area contributed by atoms with Crippen molar-refractivity contribution in [1.29, 1.82) is 0 Å². The zero-order chi connectivity index (χ0) is 30.8. The number of nitrogen functional groups attached to an aromatic ring is 1. The molecule has 1 atom stereocenters. The van der Waals surface area contributed by atoms with Crippen LogP contribution in [0.3, 0.4) is 0 Å². The minimum atomic E-state index is -0.480. The van der Waals surface area contributed by atoms with Crippen LogP contribution in [0.4, 0.5) is 5.69 Å². The number of piperazine rings is 1. The van der Waals surface area contributed by atoms with Crippen molar-refractivity contribution in [1.82, 2.24) is 29.6 Å². The largest absolute Gasteiger partial charge is 0.397 e. The number of amides is 2. The van der Waals surface area contributed by atoms with Crippen LogP contribution >= 0.6 is 11.6 Å². The minimum absolute atomic E-state index is 0.0120. The summed E-state index contributed by atoms with van der Waals surface area (Å²) < 4.78 is 1.83. The van der Waals surface area contributed by atoms with Crippen LogP contribution in [0.2, 0.25) is 5.02 Å². The van der Waals surface area contributed by atoms with E-state index in [-0.39, 0.29) is 30.0 Å². The number of halogens is 1. The number of para-hydroxylation sites is 2. The number of likely N-dealkylation sites (tertiary alicyclic amines) is 2. The molecule has 2 aromatic carbocycles. The number of nitrogens with two attached hydrogens (primary N) is 1. The molecule has 3 fully saturated rings. The second kappa shape index (κ2) is 13.3. The first-order valence-electron chi connectivity index (χ1n) is 16.0. The fourth-order valence-corrected chi connectivity index (χ4v) is 7.67. The van der Waals surface area contributed by atoms with Gasteiger partial charge in [0, 0.05) is 70.9 Å². The van der Waals surface area contributed by atoms with Crippen LogP contribution in [-0.2, 0) is 16.0 Å². The van der Waals surface area contributed by atoms with Gasteiger partial charge < -0.3 is 25.8 Å². The Morgan fingerprint density at radius 3 is 2.32 bits per heavy atom. The van der Waals surface area contributed by atoms with Crippen LogP contribution in [-0.4, -0.2) is 94.5 Å². The number of benzene rings is 2. The third-order valence-corrected chi connectivity index (χ3v) is 10.2. The Labute approximate surface area is 263 Å². The molecule has 0 aliphatic carbocycles. The molecule has 1 aromatic heterocycles. The molecule has 6 rings (SSSR count). The molecule has 0 spiro atoms. The van der Waals surface area contributed by atoms with Gasteiger partial charge in [-0.25, -0.2) is 4.79 Å². The summed E-state index contributed by atoms with van der Waals surface area (Å²) in [4.78, 5) is 49.8. The number of aromatic nitrogens is 2. The Bertz CT molecular complexity index is 1520. The molecule has 236 valence electrons. The fourth-order valence-electron chi connectivity index (χ4n) is 7.38. The Balaban J connectivity index is 1.13. The van der Waals surface area contributed by atoms with E-state index in [1.54, 1.807) is 0 Å². The molecule has 0 radical (unpaired) electrons. The molecule has 4 N–H and O–H groups in total. The Morgan fingerprint density at radius 2 is 1.61 bits per heavy atom. The number of H-pyrrole nitrogens is 1. The average molecular weight is 622 g/mol. The number of fused-ring (bicyclic) bond motifs is 1. The zero-order valence-electron chi connectivity index (χ0n) is 25.6. The highest BCUT2D eigenvalue weighted by atomic mass is 35.5. The number of aromatic amines is 1. The van der Waals surface area contributed by atoms with E-state index in [9.17, 15) is 14.4 Å². The SMILES string of the molecule is Cc1cc(C[C@@H](CC(=O)N2CCC(n3c(=O)[nH]c4ccccc43)CC2)C(=O)N2CCC(N3CCNCC3)CC2)cc(Cl)c1N. The third-order valence-electron chi connectivity index (χ3n) is 9.90. The first-order chi connectivity index (χ1) is 21.3. The monoisotopic (exact) mass is 621 g/mol. The molecule has 0 bridgehead atoms. The zero-order valence-corrected chi connectivity index (χ0v) is 26.3. The van der Waals surface area contributed by atoms with Crippen molar-refractivity contribution >= 4 is 40.1 Å². The molecule has 2 amide bonds. The van der Waals surface area contributed by atoms with Gasteiger partial charge in [0.25, 0.3) is 0 Å². The van der Waals surface area contributed by atoms with E-state index in [4.69, 9.17) is 17.3 Å². The number of nitrogens with zero attached hydrogens (tertiary/aromatic N) is 4. The number of carbonyl (C=O) groups is 2. The number of hydrogen-bond donors (Lipinski definition) is 3. The maximum absolute atomic E-state index is 14.0. The highest BCUT2D eigenvalue weighted by Gasteiger charge is 2.34. The van der Waals surface area contributed by atoms with Crippen LogP contribution < -0.4 is 16.7 Å². The van der Waals surface area contributed by atoms with E-state index in [2.05, 4.69) is 15.2 Å². The molecule has 11 heteroatoms. The highest BCUT2D eigenvalue weighted by Crippen LogP contribution is 2.30. The highest BCUT2D eigenvalue weighted by molar-refractivity contribution is 6.33. The van der Waals surface area contributed by atoms with Crippen molar-refractivity contribution in [2.24, 2.45) is 5.92 Å². The number of carbonyl (C=O) groups excluding carboxylic acids is 2. The lowest BCUT2D eigenvalue weighted by molar-refractivity contribution is -0.143. The number of imidazole rings is 1. The molecule has 10 nitrogen and oxygen atoms in total. The van der Waals surface area contributed by atoms with Crippen molar-refractivity contribution in [3.63, 3.8) is 0 Å². The molecular weight excluding hydrogens is 578 g/mol. The van der Waals surface area contributed by atoms with Gasteiger partial charge in [0.15, 0.2) is 0 Å². The van der Waals surface area contributed by atoms with E-state index >= 15 is 0 Å². The van der Waals surface area contributed by atoms with Gasteiger partial charge in [0.05, 0.1) is 27.7 Å². The van der Waals surface area contributed by atoms with Crippen molar-refractivity contribution < 1.29 is 9.59 Å². The van der Waals surface area contributed by atoms with E-state index in [1.165, 1.54) is 0 Å². The van der Waals surface area contributed by atoms with Gasteiger partial charge in [-0.1, -0.05) is 29.8 Å². The summed E-state index contributed by atoms with van der Waals surface area (Å²) in [6.07, 6.45) is 3.89. The summed E-state index contributed by atoms with van der Waals surface area (Å²) in [6.45, 7) is 8.59. The van der Waals surface area contributed by atoms with Crippen molar-refractivity contribution in [2.45, 2.75) is 57.5 Å².